The van der Waals surface area contributed by atoms with Gasteiger partial charge in [-0.3, -0.25) is 0 Å². The van der Waals surface area contributed by atoms with Gasteiger partial charge < -0.3 is 19.9 Å². The molecule has 0 aromatic carbocycles. The van der Waals surface area contributed by atoms with E-state index in [0.29, 0.717) is 30.9 Å². The van der Waals surface area contributed by atoms with E-state index >= 15 is 0 Å². The Morgan fingerprint density at radius 3 is 2.37 bits per heavy atom. The van der Waals surface area contributed by atoms with Crippen molar-refractivity contribution in [2.75, 3.05) is 54.5 Å². The maximum absolute atomic E-state index is 8.99. The number of hydrogen-bond donors (Lipinski definition) is 1. The van der Waals surface area contributed by atoms with Crippen LogP contribution in [0, 0.1) is 11.3 Å². The van der Waals surface area contributed by atoms with Crippen LogP contribution in [0.25, 0.3) is 0 Å². The molecule has 0 unspecified atom stereocenters. The van der Waals surface area contributed by atoms with E-state index in [4.69, 9.17) is 10.00 Å². The van der Waals surface area contributed by atoms with Crippen LogP contribution in [-0.2, 0) is 4.74 Å². The fourth-order valence-electron chi connectivity index (χ4n) is 3.34. The number of morpholine rings is 1. The first-order valence-electron chi connectivity index (χ1n) is 9.22. The van der Waals surface area contributed by atoms with Gasteiger partial charge in [-0.25, -0.2) is 15.0 Å². The fourth-order valence-corrected chi connectivity index (χ4v) is 3.34. The van der Waals surface area contributed by atoms with Crippen molar-refractivity contribution in [2.24, 2.45) is 0 Å². The maximum Gasteiger partial charge on any atom is 0.227 e. The van der Waals surface area contributed by atoms with Crippen LogP contribution >= 0.6 is 0 Å². The van der Waals surface area contributed by atoms with Crippen LogP contribution in [0.5, 0.6) is 0 Å². The lowest BCUT2D eigenvalue weighted by molar-refractivity contribution is 0.122. The summed E-state index contributed by atoms with van der Waals surface area (Å²) in [4.78, 5) is 21.9. The minimum absolute atomic E-state index is 0.341. The fraction of sp³-hybridized carbons (Fsp3) is 0.500. The molecule has 2 aliphatic heterocycles. The number of nitrogens with zero attached hydrogens (tertiary/aromatic N) is 7. The Morgan fingerprint density at radius 1 is 0.963 bits per heavy atom. The van der Waals surface area contributed by atoms with Gasteiger partial charge in [-0.05, 0) is 25.0 Å². The summed E-state index contributed by atoms with van der Waals surface area (Å²) in [7, 11) is 0. The van der Waals surface area contributed by atoms with Crippen molar-refractivity contribution in [1.82, 2.24) is 19.9 Å². The minimum Gasteiger partial charge on any atom is -0.378 e. The average Bonchev–Trinajstić information content (AvgIpc) is 2.75. The molecular weight excluding hydrogens is 344 g/mol. The van der Waals surface area contributed by atoms with Crippen molar-refractivity contribution in [2.45, 2.75) is 18.9 Å². The molecule has 2 aromatic rings. The van der Waals surface area contributed by atoms with Crippen molar-refractivity contribution in [3.8, 4) is 6.07 Å². The molecule has 0 amide bonds. The quantitative estimate of drug-likeness (QED) is 0.850. The first-order valence-corrected chi connectivity index (χ1v) is 9.22. The van der Waals surface area contributed by atoms with E-state index in [1.54, 1.807) is 18.5 Å². The second kappa shape index (κ2) is 8.14. The van der Waals surface area contributed by atoms with Gasteiger partial charge >= 0.3 is 0 Å². The number of hydrogen-bond acceptors (Lipinski definition) is 9. The summed E-state index contributed by atoms with van der Waals surface area (Å²) in [5, 5.41) is 12.5. The Bertz CT molecular complexity index is 809. The Labute approximate surface area is 158 Å². The van der Waals surface area contributed by atoms with Gasteiger partial charge in [0.1, 0.15) is 17.6 Å². The molecule has 0 aliphatic carbocycles. The lowest BCUT2D eigenvalue weighted by Crippen LogP contribution is -2.40. The van der Waals surface area contributed by atoms with E-state index in [-0.39, 0.29) is 0 Å². The van der Waals surface area contributed by atoms with Gasteiger partial charge in [0.05, 0.1) is 13.2 Å². The molecule has 2 saturated heterocycles. The average molecular weight is 366 g/mol. The van der Waals surface area contributed by atoms with Gasteiger partial charge in [-0.1, -0.05) is 0 Å². The Morgan fingerprint density at radius 2 is 1.63 bits per heavy atom. The van der Waals surface area contributed by atoms with Crippen LogP contribution in [0.4, 0.5) is 17.7 Å². The molecule has 0 radical (unpaired) electrons. The Hall–Kier alpha value is -2.99. The largest absolute Gasteiger partial charge is 0.378 e. The molecule has 4 heterocycles. The zero-order valence-corrected chi connectivity index (χ0v) is 15.1. The zero-order valence-electron chi connectivity index (χ0n) is 15.1. The summed E-state index contributed by atoms with van der Waals surface area (Å²) in [6.07, 6.45) is 5.35. The first kappa shape index (κ1) is 17.4. The standard InChI is InChI=1S/C18H22N8O/c19-13-15-1-5-20-17(23-15)25-7-3-14(4-8-25)22-16-2-6-21-18(24-16)26-9-11-27-12-10-26/h1-2,5-6,14H,3-4,7-12H2,(H,21,22,24). The van der Waals surface area contributed by atoms with Crippen molar-refractivity contribution in [3.05, 3.63) is 30.2 Å². The van der Waals surface area contributed by atoms with Gasteiger partial charge in [0.2, 0.25) is 11.9 Å². The van der Waals surface area contributed by atoms with E-state index in [2.05, 4.69) is 41.1 Å². The summed E-state index contributed by atoms with van der Waals surface area (Å²) in [6.45, 7) is 4.76. The molecule has 2 fully saturated rings. The van der Waals surface area contributed by atoms with Gasteiger partial charge in [0.15, 0.2) is 0 Å². The predicted molar refractivity (Wildman–Crippen MR) is 101 cm³/mol. The molecular formula is C18H22N8O. The van der Waals surface area contributed by atoms with E-state index in [1.807, 2.05) is 6.07 Å². The molecule has 0 saturated carbocycles. The molecule has 2 aliphatic rings. The van der Waals surface area contributed by atoms with Crippen molar-refractivity contribution in [3.63, 3.8) is 0 Å². The van der Waals surface area contributed by atoms with E-state index in [1.165, 1.54) is 0 Å². The molecule has 0 spiro atoms. The minimum atomic E-state index is 0.341. The lowest BCUT2D eigenvalue weighted by Gasteiger charge is -2.32. The molecule has 2 aromatic heterocycles. The van der Waals surface area contributed by atoms with E-state index < -0.39 is 0 Å². The monoisotopic (exact) mass is 366 g/mol. The molecule has 0 bridgehead atoms. The van der Waals surface area contributed by atoms with Crippen molar-refractivity contribution >= 4 is 17.7 Å². The number of nitriles is 1. The predicted octanol–water partition coefficient (Wildman–Crippen LogP) is 1.06. The second-order valence-corrected chi connectivity index (χ2v) is 6.60. The van der Waals surface area contributed by atoms with Crippen LogP contribution < -0.4 is 15.1 Å². The highest BCUT2D eigenvalue weighted by molar-refractivity contribution is 5.43. The van der Waals surface area contributed by atoms with Gasteiger partial charge in [-0.15, -0.1) is 0 Å². The number of nitrogens with one attached hydrogen (secondary N) is 1. The topological polar surface area (TPSA) is 103 Å². The highest BCUT2D eigenvalue weighted by Gasteiger charge is 2.22. The van der Waals surface area contributed by atoms with Crippen molar-refractivity contribution < 1.29 is 4.74 Å². The Balaban J connectivity index is 1.34. The van der Waals surface area contributed by atoms with E-state index in [0.717, 1.165) is 50.8 Å². The molecule has 0 atom stereocenters. The number of ether oxygens (including phenoxy) is 1. The highest BCUT2D eigenvalue weighted by Crippen LogP contribution is 2.20. The normalized spacial score (nSPS) is 18.2. The van der Waals surface area contributed by atoms with E-state index in [9.17, 15) is 0 Å². The summed E-state index contributed by atoms with van der Waals surface area (Å²) in [5.41, 5.74) is 0.400. The van der Waals surface area contributed by atoms with Crippen LogP contribution in [0.3, 0.4) is 0 Å². The SMILES string of the molecule is N#Cc1ccnc(N2CCC(Nc3ccnc(N4CCOCC4)n3)CC2)n1. The first-order chi connectivity index (χ1) is 13.3. The second-order valence-electron chi connectivity index (χ2n) is 6.60. The molecule has 9 nitrogen and oxygen atoms in total. The third-order valence-electron chi connectivity index (χ3n) is 4.82. The van der Waals surface area contributed by atoms with Crippen molar-refractivity contribution in [1.29, 1.82) is 5.26 Å². The number of anilines is 3. The molecule has 4 rings (SSSR count). The third-order valence-corrected chi connectivity index (χ3v) is 4.82. The molecule has 27 heavy (non-hydrogen) atoms. The van der Waals surface area contributed by atoms with Gasteiger partial charge in [0, 0.05) is 44.6 Å². The highest BCUT2D eigenvalue weighted by atomic mass is 16.5. The number of rotatable bonds is 4. The van der Waals surface area contributed by atoms with Crippen LogP contribution in [-0.4, -0.2) is 65.4 Å². The zero-order chi connectivity index (χ0) is 18.5. The maximum atomic E-state index is 8.99. The van der Waals surface area contributed by atoms with Gasteiger partial charge in [-0.2, -0.15) is 10.2 Å². The number of aromatic nitrogens is 4. The lowest BCUT2D eigenvalue weighted by atomic mass is 10.1. The van der Waals surface area contributed by atoms with Crippen LogP contribution in [0.15, 0.2) is 24.5 Å². The number of piperidine rings is 1. The smallest absolute Gasteiger partial charge is 0.227 e. The molecule has 9 heteroatoms. The summed E-state index contributed by atoms with van der Waals surface area (Å²) in [5.74, 6) is 2.24. The summed E-state index contributed by atoms with van der Waals surface area (Å²) < 4.78 is 5.39. The van der Waals surface area contributed by atoms with Crippen LogP contribution in [0.1, 0.15) is 18.5 Å². The van der Waals surface area contributed by atoms with Crippen LogP contribution in [0.2, 0.25) is 0 Å². The van der Waals surface area contributed by atoms with Gasteiger partial charge in [0.25, 0.3) is 0 Å². The third kappa shape index (κ3) is 4.23. The molecule has 1 N–H and O–H groups in total. The molecule has 140 valence electrons. The summed E-state index contributed by atoms with van der Waals surface area (Å²) >= 11 is 0. The Kier molecular flexibility index (Phi) is 5.25. The summed E-state index contributed by atoms with van der Waals surface area (Å²) in [6, 6.07) is 5.94.